The van der Waals surface area contributed by atoms with Gasteiger partial charge in [-0.3, -0.25) is 0 Å². The fourth-order valence-electron chi connectivity index (χ4n) is 0.854. The quantitative estimate of drug-likeness (QED) is 0.255. The van der Waals surface area contributed by atoms with Crippen molar-refractivity contribution in [3.8, 4) is 0 Å². The van der Waals surface area contributed by atoms with Crippen LogP contribution in [0.3, 0.4) is 0 Å². The van der Waals surface area contributed by atoms with Crippen LogP contribution >= 0.6 is 7.82 Å². The summed E-state index contributed by atoms with van der Waals surface area (Å²) in [6.45, 7) is 4.51. The Bertz CT molecular complexity index is 278. The van der Waals surface area contributed by atoms with Crippen LogP contribution in [0.4, 0.5) is 0 Å². The van der Waals surface area contributed by atoms with Crippen molar-refractivity contribution in [2.45, 2.75) is 52.4 Å². The van der Waals surface area contributed by atoms with Gasteiger partial charge in [0.05, 0.1) is 0 Å². The predicted molar refractivity (Wildman–Crippen MR) is 64.9 cm³/mol. The van der Waals surface area contributed by atoms with Crippen LogP contribution in [0.25, 0.3) is 0 Å². The van der Waals surface area contributed by atoms with E-state index in [1.54, 1.807) is 0 Å². The van der Waals surface area contributed by atoms with Gasteiger partial charge in [0, 0.05) is 0 Å². The third-order valence-corrected chi connectivity index (χ3v) is 1.46. The van der Waals surface area contributed by atoms with Crippen LogP contribution in [0.2, 0.25) is 0 Å². The zero-order chi connectivity index (χ0) is 15.2. The molecule has 0 heterocycles. The summed E-state index contributed by atoms with van der Waals surface area (Å²) in [6.07, 6.45) is 8.49. The molecule has 0 radical (unpaired) electrons. The van der Waals surface area contributed by atoms with Gasteiger partial charge in [0.2, 0.25) is 0 Å². The molecule has 0 aliphatic heterocycles. The Labute approximate surface area is 118 Å². The Kier molecular flexibility index (Phi) is 18.5. The maximum absolute atomic E-state index is 9.24. The topological polar surface area (TPSA) is 132 Å². The Balaban J connectivity index is -0.000000197. The maximum atomic E-state index is 9.24. The van der Waals surface area contributed by atoms with E-state index >= 15 is 0 Å². The van der Waals surface area contributed by atoms with Crippen molar-refractivity contribution in [3.63, 3.8) is 0 Å². The Hall–Kier alpha value is 0.643. The summed E-state index contributed by atoms with van der Waals surface area (Å²) < 4.78 is 34.9. The van der Waals surface area contributed by atoms with E-state index in [0.29, 0.717) is 0 Å². The molecule has 0 aliphatic carbocycles. The fraction of sp³-hybridized carbons (Fsp3) is 1.00. The second-order valence-electron chi connectivity index (χ2n) is 3.51. The normalized spacial score (nSPS) is 10.9. The van der Waals surface area contributed by atoms with Crippen LogP contribution in [0.5, 0.6) is 0 Å². The summed E-state index contributed by atoms with van der Waals surface area (Å²) in [5.74, 6) is 0. The molecule has 0 saturated carbocycles. The SMILES string of the molecule is CCCCCCCC.O=P(O)(O)O.O=[S](=O)(O)[Zn]. The number of hydrogen-bond donors (Lipinski definition) is 4. The van der Waals surface area contributed by atoms with Crippen LogP contribution in [0, 0.1) is 0 Å². The zero-order valence-electron chi connectivity index (χ0n) is 10.8. The van der Waals surface area contributed by atoms with E-state index in [1.165, 1.54) is 38.5 Å². The zero-order valence-corrected chi connectivity index (χ0v) is 15.5. The standard InChI is InChI=1S/C8H18.H3O4P.HO3S.Zn/c1-3-5-7-8-6-4-2;1-5(2,3)4;1-4(2)3;/h3-8H2,1-2H3;(H3,1,2,3,4);(H,1,2,3);. The monoisotopic (exact) mass is 357 g/mol. The van der Waals surface area contributed by atoms with Gasteiger partial charge in [-0.05, 0) is 0 Å². The van der Waals surface area contributed by atoms with Gasteiger partial charge < -0.3 is 14.7 Å². The number of hydrogen-bond acceptors (Lipinski definition) is 3. The van der Waals surface area contributed by atoms with Crippen molar-refractivity contribution < 1.29 is 49.3 Å². The molecule has 109 valence electrons. The minimum absolute atomic E-state index is 0.0764. The van der Waals surface area contributed by atoms with Crippen LogP contribution < -0.4 is 0 Å². The van der Waals surface area contributed by atoms with E-state index in [0.717, 1.165) is 0 Å². The molecule has 0 atom stereocenters. The molecule has 4 N–H and O–H groups in total. The van der Waals surface area contributed by atoms with E-state index < -0.39 is 15.9 Å². The summed E-state index contributed by atoms with van der Waals surface area (Å²) in [6, 6.07) is 0. The molecule has 0 unspecified atom stereocenters. The molecule has 0 aromatic rings. The molecule has 0 spiro atoms. The first kappa shape index (κ1) is 23.7. The number of rotatable bonds is 5. The first-order valence-electron chi connectivity index (χ1n) is 5.50. The molecule has 0 saturated heterocycles. The molecule has 7 nitrogen and oxygen atoms in total. The van der Waals surface area contributed by atoms with Gasteiger partial charge in [0.15, 0.2) is 0 Å². The first-order chi connectivity index (χ1) is 7.91. The molecule has 0 bridgehead atoms. The Morgan fingerprint density at radius 2 is 1.11 bits per heavy atom. The molecule has 10 heteroatoms. The van der Waals surface area contributed by atoms with Crippen molar-refractivity contribution >= 4 is 15.9 Å². The Morgan fingerprint density at radius 3 is 1.22 bits per heavy atom. The van der Waals surface area contributed by atoms with Crippen molar-refractivity contribution in [1.82, 2.24) is 0 Å². The van der Waals surface area contributed by atoms with Crippen molar-refractivity contribution in [3.05, 3.63) is 0 Å². The Morgan fingerprint density at radius 1 is 0.944 bits per heavy atom. The third-order valence-electron chi connectivity index (χ3n) is 1.46. The van der Waals surface area contributed by atoms with Gasteiger partial charge in [-0.1, -0.05) is 52.4 Å². The third kappa shape index (κ3) is 128. The molecule has 0 aromatic heterocycles. The summed E-state index contributed by atoms with van der Waals surface area (Å²) in [4.78, 5) is 21.6. The van der Waals surface area contributed by atoms with Gasteiger partial charge in [-0.25, -0.2) is 4.57 Å². The average Bonchev–Trinajstić information content (AvgIpc) is 2.07. The van der Waals surface area contributed by atoms with Crippen LogP contribution in [0.15, 0.2) is 0 Å². The molecule has 0 aromatic carbocycles. The van der Waals surface area contributed by atoms with E-state index in [4.69, 9.17) is 23.8 Å². The predicted octanol–water partition coefficient (Wildman–Crippen LogP) is 1.77. The minimum atomic E-state index is -4.64. The van der Waals surface area contributed by atoms with Gasteiger partial charge >= 0.3 is 46.0 Å². The second kappa shape index (κ2) is 14.1. The molecular weight excluding hydrogens is 337 g/mol. The van der Waals surface area contributed by atoms with Crippen molar-refractivity contribution in [2.75, 3.05) is 0 Å². The summed E-state index contributed by atoms with van der Waals surface area (Å²) in [5, 5.41) is 0. The summed E-state index contributed by atoms with van der Waals surface area (Å²) in [7, 11) is -8.18. The van der Waals surface area contributed by atoms with Crippen LogP contribution in [-0.4, -0.2) is 27.7 Å². The van der Waals surface area contributed by atoms with E-state index in [2.05, 4.69) is 13.8 Å². The molecule has 0 amide bonds. The number of phosphoric acid groups is 1. The molecular formula is C8H22O7PSZn. The summed E-state index contributed by atoms with van der Waals surface area (Å²) in [5.41, 5.74) is 0. The van der Waals surface area contributed by atoms with Crippen molar-refractivity contribution in [2.24, 2.45) is 0 Å². The van der Waals surface area contributed by atoms with E-state index in [-0.39, 0.29) is 17.1 Å². The van der Waals surface area contributed by atoms with Crippen LogP contribution in [0.1, 0.15) is 52.4 Å². The van der Waals surface area contributed by atoms with Gasteiger partial charge in [0.25, 0.3) is 0 Å². The van der Waals surface area contributed by atoms with Gasteiger partial charge in [-0.15, -0.1) is 0 Å². The summed E-state index contributed by atoms with van der Waals surface area (Å²) >= 11 is -0.0764. The first-order valence-corrected chi connectivity index (χ1v) is 12.3. The van der Waals surface area contributed by atoms with Gasteiger partial charge in [0.1, 0.15) is 0 Å². The second-order valence-corrected chi connectivity index (χ2v) is 10.3. The molecule has 0 aliphatic rings. The molecule has 18 heavy (non-hydrogen) atoms. The van der Waals surface area contributed by atoms with Gasteiger partial charge in [-0.2, -0.15) is 0 Å². The number of unbranched alkanes of at least 4 members (excludes halogenated alkanes) is 5. The van der Waals surface area contributed by atoms with Crippen molar-refractivity contribution in [1.29, 1.82) is 0 Å². The van der Waals surface area contributed by atoms with E-state index in [1.807, 2.05) is 0 Å². The fourth-order valence-corrected chi connectivity index (χ4v) is 0.854. The van der Waals surface area contributed by atoms with Crippen LogP contribution in [-0.2, 0) is 29.8 Å². The average molecular weight is 359 g/mol. The molecule has 0 rings (SSSR count). The van der Waals surface area contributed by atoms with E-state index in [9.17, 15) is 8.42 Å². The molecule has 0 fully saturated rings.